The quantitative estimate of drug-likeness (QED) is 0.430. The third kappa shape index (κ3) is 6.14. The molecular formula is C26H34FO4P. The van der Waals surface area contributed by atoms with E-state index in [1.165, 1.54) is 12.7 Å². The van der Waals surface area contributed by atoms with E-state index in [0.717, 1.165) is 55.4 Å². The van der Waals surface area contributed by atoms with Crippen molar-refractivity contribution in [3.8, 4) is 11.5 Å². The van der Waals surface area contributed by atoms with E-state index in [-0.39, 0.29) is 17.7 Å². The molecule has 2 aliphatic rings. The lowest BCUT2D eigenvalue weighted by Crippen LogP contribution is -2.20. The van der Waals surface area contributed by atoms with Crippen LogP contribution in [0.15, 0.2) is 42.5 Å². The fraction of sp³-hybridized carbons (Fsp3) is 0.538. The lowest BCUT2D eigenvalue weighted by molar-refractivity contribution is 0.199. The number of hydrogen-bond donors (Lipinski definition) is 1. The zero-order valence-electron chi connectivity index (χ0n) is 19.0. The highest BCUT2D eigenvalue weighted by atomic mass is 31.2. The van der Waals surface area contributed by atoms with Crippen LogP contribution in [-0.2, 0) is 4.57 Å². The number of ether oxygens (including phenoxy) is 2. The minimum absolute atomic E-state index is 0.132. The van der Waals surface area contributed by atoms with Gasteiger partial charge < -0.3 is 14.4 Å². The Kier molecular flexibility index (Phi) is 7.27. The first kappa shape index (κ1) is 23.3. The van der Waals surface area contributed by atoms with Crippen LogP contribution >= 0.6 is 7.37 Å². The monoisotopic (exact) mass is 460 g/mol. The fourth-order valence-corrected chi connectivity index (χ4v) is 6.28. The Labute approximate surface area is 190 Å². The van der Waals surface area contributed by atoms with E-state index < -0.39 is 7.37 Å². The Morgan fingerprint density at radius 1 is 1.06 bits per heavy atom. The van der Waals surface area contributed by atoms with Crippen molar-refractivity contribution < 1.29 is 23.3 Å². The summed E-state index contributed by atoms with van der Waals surface area (Å²) in [6.45, 7) is 2.10. The molecule has 2 saturated carbocycles. The summed E-state index contributed by atoms with van der Waals surface area (Å²) in [7, 11) is -1.46. The lowest BCUT2D eigenvalue weighted by Gasteiger charge is -2.29. The van der Waals surface area contributed by atoms with E-state index in [2.05, 4.69) is 12.1 Å². The summed E-state index contributed by atoms with van der Waals surface area (Å²) in [5.74, 6) is 2.72. The number of methoxy groups -OCH3 is 1. The molecule has 32 heavy (non-hydrogen) atoms. The zero-order valence-corrected chi connectivity index (χ0v) is 19.9. The van der Waals surface area contributed by atoms with Crippen molar-refractivity contribution in [1.82, 2.24) is 0 Å². The summed E-state index contributed by atoms with van der Waals surface area (Å²) in [4.78, 5) is 9.91. The van der Waals surface area contributed by atoms with Crippen LogP contribution in [0.2, 0.25) is 0 Å². The highest BCUT2D eigenvalue weighted by Gasteiger charge is 2.35. The van der Waals surface area contributed by atoms with Gasteiger partial charge in [-0.25, -0.2) is 4.39 Å². The summed E-state index contributed by atoms with van der Waals surface area (Å²) >= 11 is 0. The van der Waals surface area contributed by atoms with Gasteiger partial charge in [-0.3, -0.25) is 4.57 Å². The molecule has 0 heterocycles. The topological polar surface area (TPSA) is 55.8 Å². The van der Waals surface area contributed by atoms with Gasteiger partial charge in [0.25, 0.3) is 0 Å². The van der Waals surface area contributed by atoms with Crippen molar-refractivity contribution in [3.63, 3.8) is 0 Å². The van der Waals surface area contributed by atoms with E-state index >= 15 is 0 Å². The Morgan fingerprint density at radius 2 is 1.81 bits per heavy atom. The van der Waals surface area contributed by atoms with E-state index in [4.69, 9.17) is 9.47 Å². The standard InChI is InChI=1S/C26H34FO4P/c1-30-22-12-13-26(27)24(15-22)19-8-6-18(7-9-19)16-31-23-5-3-4-21(14-23)25(20-10-11-20)17-32(2,28)29/h3-5,12-15,18-20,25H,6-11,16-17H2,1-2H3,(H,28,29)/t18-,19-,25-/m0/s1. The maximum Gasteiger partial charge on any atom is 0.198 e. The van der Waals surface area contributed by atoms with Gasteiger partial charge >= 0.3 is 0 Å². The van der Waals surface area contributed by atoms with Crippen molar-refractivity contribution in [2.24, 2.45) is 11.8 Å². The van der Waals surface area contributed by atoms with Gasteiger partial charge in [-0.05, 0) is 104 Å². The molecule has 0 aromatic heterocycles. The maximum atomic E-state index is 14.3. The summed E-state index contributed by atoms with van der Waals surface area (Å²) < 4.78 is 37.7. The second-order valence-corrected chi connectivity index (χ2v) is 12.1. The second-order valence-electron chi connectivity index (χ2n) is 9.67. The largest absolute Gasteiger partial charge is 0.497 e. The molecule has 0 amide bonds. The third-order valence-corrected chi connectivity index (χ3v) is 8.06. The van der Waals surface area contributed by atoms with Gasteiger partial charge in [0, 0.05) is 12.8 Å². The van der Waals surface area contributed by atoms with E-state index in [9.17, 15) is 13.8 Å². The van der Waals surface area contributed by atoms with Crippen molar-refractivity contribution in [2.75, 3.05) is 26.5 Å². The van der Waals surface area contributed by atoms with Crippen LogP contribution in [0.1, 0.15) is 61.5 Å². The van der Waals surface area contributed by atoms with Crippen LogP contribution in [0.4, 0.5) is 4.39 Å². The molecule has 1 N–H and O–H groups in total. The molecule has 0 bridgehead atoms. The highest BCUT2D eigenvalue weighted by molar-refractivity contribution is 7.57. The Balaban J connectivity index is 1.32. The number of rotatable bonds is 9. The molecule has 2 fully saturated rings. The summed E-state index contributed by atoms with van der Waals surface area (Å²) in [6.07, 6.45) is 6.52. The molecule has 2 atom stereocenters. The normalized spacial score (nSPS) is 23.9. The molecule has 0 spiro atoms. The summed E-state index contributed by atoms with van der Waals surface area (Å²) in [5, 5.41) is 0. The molecule has 4 nitrogen and oxygen atoms in total. The summed E-state index contributed by atoms with van der Waals surface area (Å²) in [6, 6.07) is 13.1. The van der Waals surface area contributed by atoms with Gasteiger partial charge in [0.05, 0.1) is 13.7 Å². The first-order valence-electron chi connectivity index (χ1n) is 11.7. The molecule has 0 saturated heterocycles. The van der Waals surface area contributed by atoms with Crippen LogP contribution in [0.5, 0.6) is 11.5 Å². The van der Waals surface area contributed by atoms with Crippen LogP contribution in [-0.4, -0.2) is 31.4 Å². The van der Waals surface area contributed by atoms with Crippen LogP contribution < -0.4 is 9.47 Å². The van der Waals surface area contributed by atoms with Crippen LogP contribution in [0, 0.1) is 17.7 Å². The van der Waals surface area contributed by atoms with Gasteiger partial charge in [-0.15, -0.1) is 0 Å². The van der Waals surface area contributed by atoms with Crippen LogP contribution in [0.3, 0.4) is 0 Å². The van der Waals surface area contributed by atoms with Crippen molar-refractivity contribution in [3.05, 3.63) is 59.4 Å². The molecule has 174 valence electrons. The number of hydrogen-bond acceptors (Lipinski definition) is 3. The predicted octanol–water partition coefficient (Wildman–Crippen LogP) is 6.58. The van der Waals surface area contributed by atoms with Crippen molar-refractivity contribution in [2.45, 2.75) is 50.4 Å². The zero-order chi connectivity index (χ0) is 22.7. The molecular weight excluding hydrogens is 426 g/mol. The Bertz CT molecular complexity index is 960. The van der Waals surface area contributed by atoms with Gasteiger partial charge in [-0.1, -0.05) is 12.1 Å². The Hall–Kier alpha value is -1.84. The number of benzene rings is 2. The predicted molar refractivity (Wildman–Crippen MR) is 126 cm³/mol. The minimum Gasteiger partial charge on any atom is -0.497 e. The smallest absolute Gasteiger partial charge is 0.198 e. The average molecular weight is 461 g/mol. The molecule has 4 rings (SSSR count). The molecule has 6 heteroatoms. The maximum absolute atomic E-state index is 14.3. The van der Waals surface area contributed by atoms with Crippen molar-refractivity contribution >= 4 is 7.37 Å². The van der Waals surface area contributed by atoms with E-state index in [1.807, 2.05) is 18.2 Å². The van der Waals surface area contributed by atoms with Gasteiger partial charge in [0.2, 0.25) is 0 Å². The molecule has 1 unspecified atom stereocenters. The SMILES string of the molecule is COc1ccc(F)c([C@H]2CC[C@H](COc3cccc([C@@H](CP(C)(=O)O)C4CC4)c3)CC2)c1. The third-order valence-electron chi connectivity index (χ3n) is 6.99. The molecule has 2 aromatic carbocycles. The first-order chi connectivity index (χ1) is 15.3. The summed E-state index contributed by atoms with van der Waals surface area (Å²) in [5.41, 5.74) is 1.87. The first-order valence-corrected chi connectivity index (χ1v) is 14.0. The lowest BCUT2D eigenvalue weighted by atomic mass is 9.79. The number of halogens is 1. The molecule has 2 aliphatic carbocycles. The minimum atomic E-state index is -3.07. The second kappa shape index (κ2) is 9.97. The molecule has 2 aromatic rings. The van der Waals surface area contributed by atoms with Gasteiger partial charge in [-0.2, -0.15) is 0 Å². The van der Waals surface area contributed by atoms with Gasteiger partial charge in [0.1, 0.15) is 17.3 Å². The van der Waals surface area contributed by atoms with Crippen molar-refractivity contribution in [1.29, 1.82) is 0 Å². The van der Waals surface area contributed by atoms with Crippen LogP contribution in [0.25, 0.3) is 0 Å². The van der Waals surface area contributed by atoms with E-state index in [1.54, 1.807) is 13.2 Å². The van der Waals surface area contributed by atoms with Gasteiger partial charge in [0.15, 0.2) is 7.37 Å². The molecule has 0 aliphatic heterocycles. The molecule has 0 radical (unpaired) electrons. The highest BCUT2D eigenvalue weighted by Crippen LogP contribution is 2.50. The van der Waals surface area contributed by atoms with E-state index in [0.29, 0.717) is 30.4 Å². The Morgan fingerprint density at radius 3 is 2.47 bits per heavy atom. The average Bonchev–Trinajstić information content (AvgIpc) is 3.62. The fourth-order valence-electron chi connectivity index (χ4n) is 5.04.